The molecule has 0 aromatic carbocycles. The Labute approximate surface area is 115 Å². The summed E-state index contributed by atoms with van der Waals surface area (Å²) in [5.74, 6) is -0.297. The van der Waals surface area contributed by atoms with Crippen LogP contribution in [0.1, 0.15) is 39.7 Å². The van der Waals surface area contributed by atoms with Crippen LogP contribution in [0.2, 0.25) is 0 Å². The molecule has 2 aromatic rings. The third-order valence-electron chi connectivity index (χ3n) is 3.38. The Kier molecular flexibility index (Phi) is 3.21. The first kappa shape index (κ1) is 12.2. The van der Waals surface area contributed by atoms with E-state index in [4.69, 9.17) is 5.11 Å². The Hall–Kier alpha value is -1.88. The number of hydrogen-bond donors (Lipinski definition) is 2. The second-order valence-corrected chi connectivity index (χ2v) is 5.62. The smallest absolute Gasteiger partial charge is 0.335 e. The molecule has 0 amide bonds. The van der Waals surface area contributed by atoms with Crippen molar-refractivity contribution in [3.8, 4) is 0 Å². The van der Waals surface area contributed by atoms with Gasteiger partial charge in [-0.15, -0.1) is 11.3 Å². The van der Waals surface area contributed by atoms with E-state index in [1.165, 1.54) is 22.7 Å². The maximum absolute atomic E-state index is 10.9. The van der Waals surface area contributed by atoms with Gasteiger partial charge in [0.15, 0.2) is 0 Å². The van der Waals surface area contributed by atoms with Crippen LogP contribution in [-0.4, -0.2) is 16.1 Å². The summed E-state index contributed by atoms with van der Waals surface area (Å²) >= 11 is 1.79. The van der Waals surface area contributed by atoms with Gasteiger partial charge in [0.25, 0.3) is 0 Å². The van der Waals surface area contributed by atoms with Gasteiger partial charge in [-0.2, -0.15) is 0 Å². The topological polar surface area (TPSA) is 62.2 Å². The number of rotatable bonds is 3. The van der Waals surface area contributed by atoms with E-state index in [9.17, 15) is 4.79 Å². The Balaban J connectivity index is 1.83. The third-order valence-corrected chi connectivity index (χ3v) is 4.38. The first-order valence-corrected chi connectivity index (χ1v) is 7.14. The monoisotopic (exact) mass is 274 g/mol. The van der Waals surface area contributed by atoms with Gasteiger partial charge in [0.2, 0.25) is 0 Å². The van der Waals surface area contributed by atoms with Gasteiger partial charge in [-0.25, -0.2) is 9.78 Å². The number of aromatic nitrogens is 1. The number of aryl methyl sites for hydroxylation is 1. The van der Waals surface area contributed by atoms with E-state index in [1.54, 1.807) is 17.4 Å². The molecule has 2 heterocycles. The van der Waals surface area contributed by atoms with Crippen LogP contribution in [0.5, 0.6) is 0 Å². The molecular weight excluding hydrogens is 260 g/mol. The van der Waals surface area contributed by atoms with E-state index in [1.807, 2.05) is 0 Å². The van der Waals surface area contributed by atoms with E-state index in [-0.39, 0.29) is 11.6 Å². The number of pyridine rings is 1. The van der Waals surface area contributed by atoms with Gasteiger partial charge in [-0.05, 0) is 48.4 Å². The van der Waals surface area contributed by atoms with Gasteiger partial charge in [0.05, 0.1) is 11.6 Å². The van der Waals surface area contributed by atoms with Crippen LogP contribution in [0, 0.1) is 0 Å². The average molecular weight is 274 g/mol. The number of nitrogens with one attached hydrogen (secondary N) is 1. The van der Waals surface area contributed by atoms with Crippen molar-refractivity contribution in [2.45, 2.75) is 25.3 Å². The Morgan fingerprint density at radius 1 is 1.47 bits per heavy atom. The van der Waals surface area contributed by atoms with Crippen LogP contribution in [0.4, 0.5) is 5.82 Å². The molecule has 5 heteroatoms. The Morgan fingerprint density at radius 2 is 2.37 bits per heavy atom. The molecule has 1 aliphatic rings. The summed E-state index contributed by atoms with van der Waals surface area (Å²) in [4.78, 5) is 16.6. The number of hydrogen-bond acceptors (Lipinski definition) is 4. The zero-order valence-corrected chi connectivity index (χ0v) is 11.1. The molecule has 4 nitrogen and oxygen atoms in total. The molecule has 0 spiro atoms. The highest BCUT2D eigenvalue weighted by Gasteiger charge is 2.21. The fourth-order valence-electron chi connectivity index (χ4n) is 2.46. The zero-order chi connectivity index (χ0) is 13.2. The lowest BCUT2D eigenvalue weighted by Crippen LogP contribution is -2.16. The minimum Gasteiger partial charge on any atom is -0.478 e. The van der Waals surface area contributed by atoms with Gasteiger partial charge in [0.1, 0.15) is 5.82 Å². The van der Waals surface area contributed by atoms with Gasteiger partial charge in [-0.3, -0.25) is 0 Å². The zero-order valence-electron chi connectivity index (χ0n) is 10.3. The van der Waals surface area contributed by atoms with E-state index >= 15 is 0 Å². The highest BCUT2D eigenvalue weighted by Crippen LogP contribution is 2.35. The lowest BCUT2D eigenvalue weighted by Gasteiger charge is -2.24. The predicted molar refractivity (Wildman–Crippen MR) is 74.8 cm³/mol. The summed E-state index contributed by atoms with van der Waals surface area (Å²) in [5.41, 5.74) is 1.60. The normalized spacial score (nSPS) is 17.8. The van der Waals surface area contributed by atoms with E-state index in [2.05, 4.69) is 21.7 Å². The molecule has 0 bridgehead atoms. The summed E-state index contributed by atoms with van der Waals surface area (Å²) in [6, 6.07) is 5.48. The predicted octanol–water partition coefficient (Wildman–Crippen LogP) is 3.33. The minimum absolute atomic E-state index is 0.242. The summed E-state index contributed by atoms with van der Waals surface area (Å²) < 4.78 is 0. The van der Waals surface area contributed by atoms with Gasteiger partial charge < -0.3 is 10.4 Å². The fraction of sp³-hybridized carbons (Fsp3) is 0.286. The van der Waals surface area contributed by atoms with E-state index < -0.39 is 5.97 Å². The summed E-state index contributed by atoms with van der Waals surface area (Å²) in [6.07, 6.45) is 4.89. The number of nitrogens with zero attached hydrogens (tertiary/aromatic N) is 1. The van der Waals surface area contributed by atoms with Crippen LogP contribution in [0.3, 0.4) is 0 Å². The van der Waals surface area contributed by atoms with E-state index in [0.29, 0.717) is 5.82 Å². The van der Waals surface area contributed by atoms with Crippen molar-refractivity contribution >= 4 is 23.1 Å². The van der Waals surface area contributed by atoms with Gasteiger partial charge in [-0.1, -0.05) is 0 Å². The molecular formula is C14H14N2O2S. The van der Waals surface area contributed by atoms with Crippen LogP contribution in [0.15, 0.2) is 29.8 Å². The first-order chi connectivity index (χ1) is 9.24. The second kappa shape index (κ2) is 5.01. The quantitative estimate of drug-likeness (QED) is 0.901. The highest BCUT2D eigenvalue weighted by atomic mass is 32.1. The van der Waals surface area contributed by atoms with Crippen molar-refractivity contribution in [3.05, 3.63) is 45.8 Å². The summed E-state index contributed by atoms with van der Waals surface area (Å²) in [7, 11) is 0. The van der Waals surface area contributed by atoms with Crippen molar-refractivity contribution in [2.24, 2.45) is 0 Å². The SMILES string of the molecule is O=C(O)c1ccnc(NC2CCCc3sccc32)c1. The van der Waals surface area contributed by atoms with E-state index in [0.717, 1.165) is 19.3 Å². The molecule has 98 valence electrons. The molecule has 1 unspecified atom stereocenters. The highest BCUT2D eigenvalue weighted by molar-refractivity contribution is 7.10. The molecule has 1 atom stereocenters. The van der Waals surface area contributed by atoms with Crippen molar-refractivity contribution in [1.29, 1.82) is 0 Å². The van der Waals surface area contributed by atoms with Crippen molar-refractivity contribution in [1.82, 2.24) is 4.98 Å². The number of anilines is 1. The van der Waals surface area contributed by atoms with Crippen molar-refractivity contribution in [3.63, 3.8) is 0 Å². The molecule has 19 heavy (non-hydrogen) atoms. The molecule has 0 saturated carbocycles. The molecule has 3 rings (SSSR count). The number of thiophene rings is 1. The van der Waals surface area contributed by atoms with Crippen molar-refractivity contribution in [2.75, 3.05) is 5.32 Å². The largest absolute Gasteiger partial charge is 0.478 e. The Bertz CT molecular complexity index is 609. The maximum atomic E-state index is 10.9. The maximum Gasteiger partial charge on any atom is 0.335 e. The molecule has 0 radical (unpaired) electrons. The van der Waals surface area contributed by atoms with Gasteiger partial charge in [0, 0.05) is 11.1 Å². The van der Waals surface area contributed by atoms with Crippen molar-refractivity contribution < 1.29 is 9.90 Å². The van der Waals surface area contributed by atoms with Crippen LogP contribution >= 0.6 is 11.3 Å². The average Bonchev–Trinajstić information content (AvgIpc) is 2.88. The number of carboxylic acids is 1. The molecule has 0 fully saturated rings. The summed E-state index contributed by atoms with van der Waals surface area (Å²) in [5, 5.41) is 14.5. The van der Waals surface area contributed by atoms with Crippen LogP contribution in [-0.2, 0) is 6.42 Å². The third kappa shape index (κ3) is 2.46. The number of carboxylic acid groups (broad SMARTS) is 1. The Morgan fingerprint density at radius 3 is 3.21 bits per heavy atom. The van der Waals surface area contributed by atoms with Gasteiger partial charge >= 0.3 is 5.97 Å². The number of carbonyl (C=O) groups is 1. The number of fused-ring (bicyclic) bond motifs is 1. The second-order valence-electron chi connectivity index (χ2n) is 4.62. The minimum atomic E-state index is -0.926. The standard InChI is InChI=1S/C14H14N2O2S/c17-14(18)9-4-6-15-13(8-9)16-11-2-1-3-12-10(11)5-7-19-12/h4-8,11H,1-3H2,(H,15,16)(H,17,18). The van der Waals surface area contributed by atoms with Crippen LogP contribution < -0.4 is 5.32 Å². The number of aromatic carboxylic acids is 1. The molecule has 0 aliphatic heterocycles. The summed E-state index contributed by atoms with van der Waals surface area (Å²) in [6.45, 7) is 0. The molecule has 1 aliphatic carbocycles. The lowest BCUT2D eigenvalue weighted by atomic mass is 9.94. The fourth-order valence-corrected chi connectivity index (χ4v) is 3.44. The lowest BCUT2D eigenvalue weighted by molar-refractivity contribution is 0.0697. The first-order valence-electron chi connectivity index (χ1n) is 6.26. The molecule has 2 aromatic heterocycles. The molecule has 0 saturated heterocycles. The van der Waals surface area contributed by atoms with Crippen LogP contribution in [0.25, 0.3) is 0 Å². The molecule has 2 N–H and O–H groups in total.